The van der Waals surface area contributed by atoms with E-state index >= 15 is 0 Å². The van der Waals surface area contributed by atoms with Gasteiger partial charge in [-0.05, 0) is 35.0 Å². The molecule has 0 fully saturated rings. The van der Waals surface area contributed by atoms with Gasteiger partial charge in [0.1, 0.15) is 20.2 Å². The number of fused-ring (bicyclic) bond motifs is 1. The molecule has 0 aliphatic rings. The molecule has 0 unspecified atom stereocenters. The van der Waals surface area contributed by atoms with Crippen molar-refractivity contribution in [2.75, 3.05) is 0 Å². The summed E-state index contributed by atoms with van der Waals surface area (Å²) < 4.78 is 64.8. The molecule has 10 heteroatoms. The van der Waals surface area contributed by atoms with Gasteiger partial charge in [-0.25, -0.2) is 16.8 Å². The summed E-state index contributed by atoms with van der Waals surface area (Å²) in [6, 6.07) is 6.92. The van der Waals surface area contributed by atoms with Crippen molar-refractivity contribution in [2.24, 2.45) is 0 Å². The van der Waals surface area contributed by atoms with Crippen LogP contribution in [0.2, 0.25) is 0 Å². The summed E-state index contributed by atoms with van der Waals surface area (Å²) in [4.78, 5) is -0.819. The Labute approximate surface area is 138 Å². The molecule has 0 atom stereocenters. The summed E-state index contributed by atoms with van der Waals surface area (Å²) in [6.45, 7) is 0. The molecule has 2 aromatic carbocycles. The summed E-state index contributed by atoms with van der Waals surface area (Å²) in [6.07, 6.45) is 0. The minimum Gasteiger partial charge on any atom is -0.744 e. The largest absolute Gasteiger partial charge is 0.744 e. The van der Waals surface area contributed by atoms with Crippen molar-refractivity contribution in [3.05, 3.63) is 36.4 Å². The Bertz CT molecular complexity index is 768. The van der Waals surface area contributed by atoms with Gasteiger partial charge >= 0.3 is 0 Å². The van der Waals surface area contributed by atoms with Crippen molar-refractivity contribution in [2.45, 2.75) is 9.79 Å². The van der Waals surface area contributed by atoms with Crippen LogP contribution in [-0.2, 0) is 53.2 Å². The molecule has 0 saturated heterocycles. The molecule has 0 aromatic heterocycles. The van der Waals surface area contributed by atoms with Gasteiger partial charge in [-0.2, -0.15) is 0 Å². The minimum atomic E-state index is -4.56. The predicted octanol–water partition coefficient (Wildman–Crippen LogP) is 1.14. The quantitative estimate of drug-likeness (QED) is 0.544. The Morgan fingerprint density at radius 3 is 1.25 bits per heavy atom. The third kappa shape index (κ3) is 4.25. The van der Waals surface area contributed by atoms with Crippen LogP contribution in [-0.4, -0.2) is 25.9 Å². The van der Waals surface area contributed by atoms with Gasteiger partial charge in [-0.3, -0.25) is 0 Å². The van der Waals surface area contributed by atoms with E-state index < -0.39 is 30.0 Å². The second-order valence-electron chi connectivity index (χ2n) is 3.58. The molecular weight excluding hydrogens is 398 g/mol. The molecular formula is C10H10Ni2O6S2-2. The zero-order valence-electron chi connectivity index (χ0n) is 9.36. The van der Waals surface area contributed by atoms with E-state index in [0.717, 1.165) is 24.3 Å². The minimum absolute atomic E-state index is 0. The van der Waals surface area contributed by atoms with Crippen LogP contribution in [0.4, 0.5) is 0 Å². The van der Waals surface area contributed by atoms with E-state index in [4.69, 9.17) is 0 Å². The normalized spacial score (nSPS) is 11.5. The van der Waals surface area contributed by atoms with E-state index in [2.05, 4.69) is 0 Å². The summed E-state index contributed by atoms with van der Waals surface area (Å²) in [7, 11) is -9.13. The van der Waals surface area contributed by atoms with E-state index in [1.54, 1.807) is 0 Å². The van der Waals surface area contributed by atoms with Gasteiger partial charge in [-0.15, -0.1) is 0 Å². The number of hydrogen-bond acceptors (Lipinski definition) is 6. The third-order valence-electron chi connectivity index (χ3n) is 2.36. The van der Waals surface area contributed by atoms with Crippen molar-refractivity contribution in [3.8, 4) is 0 Å². The molecule has 6 nitrogen and oxygen atoms in total. The fourth-order valence-corrected chi connectivity index (χ4v) is 2.52. The Hall–Kier alpha value is -0.493. The second kappa shape index (κ2) is 6.51. The Morgan fingerprint density at radius 2 is 1.00 bits per heavy atom. The van der Waals surface area contributed by atoms with Crippen LogP contribution in [0.15, 0.2) is 46.2 Å². The molecule has 0 saturated carbocycles. The van der Waals surface area contributed by atoms with Crippen LogP contribution >= 0.6 is 0 Å². The van der Waals surface area contributed by atoms with Gasteiger partial charge in [0.05, 0.1) is 9.79 Å². The Morgan fingerprint density at radius 1 is 0.700 bits per heavy atom. The van der Waals surface area contributed by atoms with Gasteiger partial charge in [-0.1, -0.05) is 12.1 Å². The van der Waals surface area contributed by atoms with E-state index in [9.17, 15) is 25.9 Å². The van der Waals surface area contributed by atoms with E-state index in [0.29, 0.717) is 10.8 Å². The maximum Gasteiger partial charge on any atom is 0.124 e. The van der Waals surface area contributed by atoms with Crippen molar-refractivity contribution in [1.29, 1.82) is 0 Å². The summed E-state index contributed by atoms with van der Waals surface area (Å²) in [5.41, 5.74) is 0. The maximum absolute atomic E-state index is 10.8. The van der Waals surface area contributed by atoms with Crippen LogP contribution in [0.5, 0.6) is 0 Å². The first-order chi connectivity index (χ1) is 8.18. The molecule has 2 rings (SSSR count). The molecule has 120 valence electrons. The fourth-order valence-electron chi connectivity index (χ4n) is 1.51. The second-order valence-corrected chi connectivity index (χ2v) is 6.34. The third-order valence-corrected chi connectivity index (χ3v) is 4.02. The molecule has 0 spiro atoms. The molecule has 0 aliphatic heterocycles. The standard InChI is InChI=1S/C10H8O6S2.2Ni.2H2/c11-17(12,13)9-3-1-7-5-10(18(14,15)16)4-2-8(7)6-9;;;;/h1-6H,(H,11,12,13)(H,14,15,16);;;2*1H/p-2. The average molecular weight is 408 g/mol. The van der Waals surface area contributed by atoms with Crippen LogP contribution in [0.1, 0.15) is 2.85 Å². The zero-order valence-corrected chi connectivity index (χ0v) is 13.0. The predicted molar refractivity (Wildman–Crippen MR) is 64.1 cm³/mol. The van der Waals surface area contributed by atoms with Crippen molar-refractivity contribution < 1.29 is 61.8 Å². The molecule has 2 aromatic rings. The van der Waals surface area contributed by atoms with Gasteiger partial charge in [0.15, 0.2) is 0 Å². The maximum atomic E-state index is 10.8. The summed E-state index contributed by atoms with van der Waals surface area (Å²) in [5, 5.41) is 0.721. The molecule has 0 heterocycles. The first-order valence-electron chi connectivity index (χ1n) is 4.63. The molecule has 20 heavy (non-hydrogen) atoms. The fraction of sp³-hybridized carbons (Fsp3) is 0. The number of hydrogen-bond donors (Lipinski definition) is 0. The van der Waals surface area contributed by atoms with Crippen LogP contribution in [0, 0.1) is 0 Å². The van der Waals surface area contributed by atoms with E-state index in [1.807, 2.05) is 0 Å². The summed E-state index contributed by atoms with van der Waals surface area (Å²) in [5.74, 6) is 0. The summed E-state index contributed by atoms with van der Waals surface area (Å²) >= 11 is 0. The monoisotopic (exact) mass is 406 g/mol. The molecule has 0 aliphatic carbocycles. The van der Waals surface area contributed by atoms with E-state index in [-0.39, 0.29) is 35.8 Å². The van der Waals surface area contributed by atoms with Crippen LogP contribution in [0.3, 0.4) is 0 Å². The van der Waals surface area contributed by atoms with Crippen molar-refractivity contribution in [3.63, 3.8) is 0 Å². The van der Waals surface area contributed by atoms with Gasteiger partial charge < -0.3 is 9.11 Å². The van der Waals surface area contributed by atoms with Crippen LogP contribution < -0.4 is 0 Å². The molecule has 0 amide bonds. The van der Waals surface area contributed by atoms with Crippen molar-refractivity contribution >= 4 is 31.0 Å². The number of benzene rings is 2. The average Bonchev–Trinajstić information content (AvgIpc) is 2.25. The van der Waals surface area contributed by atoms with Crippen LogP contribution in [0.25, 0.3) is 10.8 Å². The van der Waals surface area contributed by atoms with E-state index in [1.165, 1.54) is 12.1 Å². The van der Waals surface area contributed by atoms with Gasteiger partial charge in [0, 0.05) is 35.8 Å². The molecule has 0 bridgehead atoms. The molecule has 0 N–H and O–H groups in total. The number of rotatable bonds is 2. The first-order valence-corrected chi connectivity index (χ1v) is 7.45. The zero-order chi connectivity index (χ0) is 13.6. The Balaban J connectivity index is -0.000000902. The van der Waals surface area contributed by atoms with Crippen molar-refractivity contribution in [1.82, 2.24) is 0 Å². The Kier molecular flexibility index (Phi) is 6.35. The molecule has 0 radical (unpaired) electrons. The van der Waals surface area contributed by atoms with Gasteiger partial charge in [0.2, 0.25) is 0 Å². The SMILES string of the molecule is O=S(=O)([O-])c1ccc2cc(S(=O)(=O)[O-])ccc2c1.[HH].[HH].[Ni].[Ni]. The topological polar surface area (TPSA) is 114 Å². The smallest absolute Gasteiger partial charge is 0.124 e. The first kappa shape index (κ1) is 19.5. The van der Waals surface area contributed by atoms with Gasteiger partial charge in [0.25, 0.3) is 0 Å².